The van der Waals surface area contributed by atoms with Gasteiger partial charge in [-0.05, 0) is 31.0 Å². The Hall–Kier alpha value is -2.33. The maximum atomic E-state index is 8.72. The van der Waals surface area contributed by atoms with E-state index >= 15 is 0 Å². The Morgan fingerprint density at radius 1 is 1.24 bits per heavy atom. The van der Waals surface area contributed by atoms with Crippen molar-refractivity contribution in [1.82, 2.24) is 5.32 Å². The normalized spacial score (nSPS) is 13.1. The first-order valence-corrected chi connectivity index (χ1v) is 6.97. The van der Waals surface area contributed by atoms with Crippen LogP contribution in [0, 0.1) is 6.92 Å². The lowest BCUT2D eigenvalue weighted by atomic mass is 10.1. The Morgan fingerprint density at radius 2 is 2.00 bits per heavy atom. The third kappa shape index (κ3) is 4.07. The number of amidine groups is 1. The molecular formula is C17H21N3O. The number of nitrogens with zero attached hydrogens (tertiary/aromatic N) is 1. The van der Waals surface area contributed by atoms with E-state index in [0.29, 0.717) is 0 Å². The highest BCUT2D eigenvalue weighted by molar-refractivity contribution is 5.97. The molecule has 4 nitrogen and oxygen atoms in total. The highest BCUT2D eigenvalue weighted by Crippen LogP contribution is 2.15. The van der Waals surface area contributed by atoms with Crippen molar-refractivity contribution in [3.63, 3.8) is 0 Å². The summed E-state index contributed by atoms with van der Waals surface area (Å²) < 4.78 is 0. The second-order valence-electron chi connectivity index (χ2n) is 5.20. The van der Waals surface area contributed by atoms with E-state index in [1.165, 1.54) is 11.1 Å². The van der Waals surface area contributed by atoms with Crippen molar-refractivity contribution < 1.29 is 5.21 Å². The van der Waals surface area contributed by atoms with E-state index in [2.05, 4.69) is 48.6 Å². The zero-order valence-corrected chi connectivity index (χ0v) is 12.4. The largest absolute Gasteiger partial charge is 0.409 e. The first kappa shape index (κ1) is 15.1. The molecule has 4 heteroatoms. The fourth-order valence-corrected chi connectivity index (χ4v) is 2.23. The van der Waals surface area contributed by atoms with Gasteiger partial charge in [-0.2, -0.15) is 0 Å². The Labute approximate surface area is 125 Å². The summed E-state index contributed by atoms with van der Waals surface area (Å²) in [5.74, 6) is 0.128. The smallest absolute Gasteiger partial charge is 0.170 e. The molecule has 2 aromatic carbocycles. The SMILES string of the molecule is Cc1cccc([C@@H](C)NCc2cccc(/C(N)=N/O)c2)c1. The summed E-state index contributed by atoms with van der Waals surface area (Å²) in [7, 11) is 0. The lowest BCUT2D eigenvalue weighted by Crippen LogP contribution is -2.19. The van der Waals surface area contributed by atoms with Crippen molar-refractivity contribution in [2.45, 2.75) is 26.4 Å². The van der Waals surface area contributed by atoms with E-state index in [1.807, 2.05) is 24.3 Å². The number of aryl methyl sites for hydroxylation is 1. The van der Waals surface area contributed by atoms with E-state index in [4.69, 9.17) is 10.9 Å². The number of nitrogens with one attached hydrogen (secondary N) is 1. The predicted molar refractivity (Wildman–Crippen MR) is 85.4 cm³/mol. The zero-order valence-electron chi connectivity index (χ0n) is 12.4. The molecule has 0 radical (unpaired) electrons. The van der Waals surface area contributed by atoms with Gasteiger partial charge in [-0.1, -0.05) is 53.2 Å². The highest BCUT2D eigenvalue weighted by Gasteiger charge is 2.06. The van der Waals surface area contributed by atoms with Crippen molar-refractivity contribution in [3.05, 3.63) is 70.8 Å². The van der Waals surface area contributed by atoms with E-state index < -0.39 is 0 Å². The number of nitrogens with two attached hydrogens (primary N) is 1. The number of oxime groups is 1. The Morgan fingerprint density at radius 3 is 2.71 bits per heavy atom. The number of benzene rings is 2. The summed E-state index contributed by atoms with van der Waals surface area (Å²) in [5.41, 5.74) is 9.95. The number of hydrogen-bond donors (Lipinski definition) is 3. The zero-order chi connectivity index (χ0) is 15.2. The van der Waals surface area contributed by atoms with Gasteiger partial charge in [-0.15, -0.1) is 0 Å². The summed E-state index contributed by atoms with van der Waals surface area (Å²) in [6, 6.07) is 16.4. The monoisotopic (exact) mass is 283 g/mol. The average molecular weight is 283 g/mol. The first-order chi connectivity index (χ1) is 10.1. The molecule has 21 heavy (non-hydrogen) atoms. The Balaban J connectivity index is 2.03. The molecule has 0 aliphatic rings. The lowest BCUT2D eigenvalue weighted by Gasteiger charge is -2.15. The second-order valence-corrected chi connectivity index (χ2v) is 5.20. The van der Waals surface area contributed by atoms with Crippen LogP contribution in [-0.2, 0) is 6.54 Å². The van der Waals surface area contributed by atoms with Gasteiger partial charge in [0.1, 0.15) is 0 Å². The molecule has 0 aromatic heterocycles. The molecule has 0 aliphatic heterocycles. The van der Waals surface area contributed by atoms with Gasteiger partial charge in [0.25, 0.3) is 0 Å². The van der Waals surface area contributed by atoms with Gasteiger partial charge >= 0.3 is 0 Å². The molecule has 110 valence electrons. The highest BCUT2D eigenvalue weighted by atomic mass is 16.4. The fraction of sp³-hybridized carbons (Fsp3) is 0.235. The van der Waals surface area contributed by atoms with Gasteiger partial charge < -0.3 is 16.3 Å². The van der Waals surface area contributed by atoms with Crippen molar-refractivity contribution in [3.8, 4) is 0 Å². The Bertz CT molecular complexity index is 637. The van der Waals surface area contributed by atoms with Crippen LogP contribution in [0.2, 0.25) is 0 Å². The van der Waals surface area contributed by atoms with Crippen LogP contribution >= 0.6 is 0 Å². The molecular weight excluding hydrogens is 262 g/mol. The van der Waals surface area contributed by atoms with Gasteiger partial charge in [-0.3, -0.25) is 0 Å². The summed E-state index contributed by atoms with van der Waals surface area (Å²) in [4.78, 5) is 0. The van der Waals surface area contributed by atoms with E-state index in [1.54, 1.807) is 0 Å². The quantitative estimate of drug-likeness (QED) is 0.342. The van der Waals surface area contributed by atoms with Gasteiger partial charge in [0.15, 0.2) is 5.84 Å². The molecule has 0 amide bonds. The van der Waals surface area contributed by atoms with Crippen LogP contribution in [0.1, 0.15) is 35.2 Å². The molecule has 0 aliphatic carbocycles. The predicted octanol–water partition coefficient (Wildman–Crippen LogP) is 2.94. The number of rotatable bonds is 5. The number of hydrogen-bond acceptors (Lipinski definition) is 3. The van der Waals surface area contributed by atoms with Crippen LogP contribution < -0.4 is 11.1 Å². The topological polar surface area (TPSA) is 70.6 Å². The molecule has 0 fully saturated rings. The third-order valence-corrected chi connectivity index (χ3v) is 3.48. The molecule has 0 spiro atoms. The maximum absolute atomic E-state index is 8.72. The third-order valence-electron chi connectivity index (χ3n) is 3.48. The molecule has 0 saturated carbocycles. The van der Waals surface area contributed by atoms with Gasteiger partial charge in [0, 0.05) is 18.2 Å². The summed E-state index contributed by atoms with van der Waals surface area (Å²) in [6.07, 6.45) is 0. The average Bonchev–Trinajstić information content (AvgIpc) is 2.52. The molecule has 4 N–H and O–H groups in total. The molecule has 0 saturated heterocycles. The van der Waals surface area contributed by atoms with Crippen molar-refractivity contribution in [1.29, 1.82) is 0 Å². The van der Waals surface area contributed by atoms with Crippen LogP contribution in [0.4, 0.5) is 0 Å². The maximum Gasteiger partial charge on any atom is 0.170 e. The van der Waals surface area contributed by atoms with E-state index in [-0.39, 0.29) is 11.9 Å². The van der Waals surface area contributed by atoms with Gasteiger partial charge in [-0.25, -0.2) is 0 Å². The van der Waals surface area contributed by atoms with Crippen molar-refractivity contribution in [2.75, 3.05) is 0 Å². The summed E-state index contributed by atoms with van der Waals surface area (Å²) >= 11 is 0. The Kier molecular flexibility index (Phi) is 4.95. The van der Waals surface area contributed by atoms with E-state index in [9.17, 15) is 0 Å². The minimum Gasteiger partial charge on any atom is -0.409 e. The minimum atomic E-state index is 0.128. The fourth-order valence-electron chi connectivity index (χ4n) is 2.23. The van der Waals surface area contributed by atoms with Gasteiger partial charge in [0.2, 0.25) is 0 Å². The molecule has 2 aromatic rings. The lowest BCUT2D eigenvalue weighted by molar-refractivity contribution is 0.318. The van der Waals surface area contributed by atoms with Crippen LogP contribution in [0.5, 0.6) is 0 Å². The molecule has 0 bridgehead atoms. The summed E-state index contributed by atoms with van der Waals surface area (Å²) in [6.45, 7) is 4.96. The first-order valence-electron chi connectivity index (χ1n) is 6.97. The minimum absolute atomic E-state index is 0.128. The van der Waals surface area contributed by atoms with Crippen LogP contribution in [0.3, 0.4) is 0 Å². The van der Waals surface area contributed by atoms with Crippen molar-refractivity contribution >= 4 is 5.84 Å². The van der Waals surface area contributed by atoms with Gasteiger partial charge in [0.05, 0.1) is 0 Å². The van der Waals surface area contributed by atoms with Crippen LogP contribution in [-0.4, -0.2) is 11.0 Å². The molecule has 2 rings (SSSR count). The van der Waals surface area contributed by atoms with Crippen LogP contribution in [0.25, 0.3) is 0 Å². The molecule has 1 atom stereocenters. The van der Waals surface area contributed by atoms with E-state index in [0.717, 1.165) is 17.7 Å². The molecule has 0 unspecified atom stereocenters. The second kappa shape index (κ2) is 6.90. The summed E-state index contributed by atoms with van der Waals surface area (Å²) in [5, 5.41) is 15.2. The van der Waals surface area contributed by atoms with Crippen molar-refractivity contribution in [2.24, 2.45) is 10.9 Å². The standard InChI is InChI=1S/C17H21N3O/c1-12-5-3-7-15(9-12)13(2)19-11-14-6-4-8-16(10-14)17(18)20-21/h3-10,13,19,21H,11H2,1-2H3,(H2,18,20)/t13-/m1/s1. The molecule has 0 heterocycles. The van der Waals surface area contributed by atoms with Crippen LogP contribution in [0.15, 0.2) is 53.7 Å².